The minimum absolute atomic E-state index is 0.113. The van der Waals surface area contributed by atoms with Crippen molar-refractivity contribution in [3.05, 3.63) is 23.8 Å². The Kier molecular flexibility index (Phi) is 4.98. The van der Waals surface area contributed by atoms with Gasteiger partial charge in [-0.15, -0.1) is 0 Å². The van der Waals surface area contributed by atoms with E-state index in [1.165, 1.54) is 0 Å². The summed E-state index contributed by atoms with van der Waals surface area (Å²) in [6.45, 7) is 10.5. The first-order chi connectivity index (χ1) is 8.69. The molecule has 0 saturated carbocycles. The Morgan fingerprint density at radius 1 is 1.21 bits per heavy atom. The summed E-state index contributed by atoms with van der Waals surface area (Å²) in [5.41, 5.74) is 1.48. The van der Waals surface area contributed by atoms with E-state index in [0.717, 1.165) is 22.8 Å². The van der Waals surface area contributed by atoms with E-state index >= 15 is 0 Å². The lowest BCUT2D eigenvalue weighted by Crippen LogP contribution is -2.51. The second-order valence-electron chi connectivity index (χ2n) is 5.49. The summed E-state index contributed by atoms with van der Waals surface area (Å²) >= 11 is 0. The first kappa shape index (κ1) is 16.4. The molecule has 1 rings (SSSR count). The van der Waals surface area contributed by atoms with Gasteiger partial charge in [0.15, 0.2) is 0 Å². The van der Waals surface area contributed by atoms with Crippen molar-refractivity contribution in [3.8, 4) is 0 Å². The maximum absolute atomic E-state index is 11.6. The monoisotopic (exact) mass is 300 g/mol. The molecule has 19 heavy (non-hydrogen) atoms. The van der Waals surface area contributed by atoms with Gasteiger partial charge in [-0.1, -0.05) is 57.5 Å². The Morgan fingerprint density at radius 2 is 1.74 bits per heavy atom. The van der Waals surface area contributed by atoms with Crippen LogP contribution >= 0.6 is 0 Å². The Morgan fingerprint density at radius 3 is 2.11 bits per heavy atom. The molecule has 0 heterocycles. The summed E-state index contributed by atoms with van der Waals surface area (Å²) in [6, 6.07) is 7.22. The lowest BCUT2D eigenvalue weighted by atomic mass is 10.2. The van der Waals surface area contributed by atoms with Crippen LogP contribution in [0.15, 0.2) is 23.1 Å². The smallest absolute Gasteiger partial charge is 0.282 e. The van der Waals surface area contributed by atoms with Gasteiger partial charge in [-0.2, -0.15) is 8.42 Å². The van der Waals surface area contributed by atoms with Gasteiger partial charge >= 0.3 is 0 Å². The van der Waals surface area contributed by atoms with Crippen molar-refractivity contribution in [2.24, 2.45) is 0 Å². The predicted octanol–water partition coefficient (Wildman–Crippen LogP) is 3.35. The summed E-state index contributed by atoms with van der Waals surface area (Å²) in [7, 11) is -6.07. The molecule has 0 radical (unpaired) electrons. The molecule has 0 unspecified atom stereocenters. The lowest BCUT2D eigenvalue weighted by Gasteiger charge is -2.35. The molecular formula is C14H24O3SSi. The molecule has 5 heteroatoms. The van der Waals surface area contributed by atoms with Crippen molar-refractivity contribution < 1.29 is 13.0 Å². The molecule has 1 aromatic carbocycles. The minimum Gasteiger partial charge on any atom is -0.282 e. The van der Waals surface area contributed by atoms with Crippen LogP contribution in [0.5, 0.6) is 0 Å². The Balaban J connectivity index is 3.68. The van der Waals surface area contributed by atoms with Gasteiger partial charge in [0.1, 0.15) is 0 Å². The van der Waals surface area contributed by atoms with Crippen molar-refractivity contribution in [3.63, 3.8) is 0 Å². The molecule has 0 aromatic heterocycles. The van der Waals surface area contributed by atoms with Crippen LogP contribution in [0.2, 0.25) is 17.6 Å². The second kappa shape index (κ2) is 5.77. The first-order valence-electron chi connectivity index (χ1n) is 6.77. The van der Waals surface area contributed by atoms with Crippen molar-refractivity contribution >= 4 is 23.4 Å². The van der Waals surface area contributed by atoms with Gasteiger partial charge in [0, 0.05) is 0 Å². The SMILES string of the molecule is CC[Si](CC)(c1cc(C)ccc1S(=O)(=O)O)C(C)C. The minimum atomic E-state index is -4.15. The summed E-state index contributed by atoms with van der Waals surface area (Å²) in [6.07, 6.45) is 0. The van der Waals surface area contributed by atoms with Crippen LogP contribution in [0.3, 0.4) is 0 Å². The van der Waals surface area contributed by atoms with Crippen LogP contribution < -0.4 is 5.19 Å². The van der Waals surface area contributed by atoms with Crippen LogP contribution in [0.4, 0.5) is 0 Å². The molecule has 1 aromatic rings. The zero-order valence-electron chi connectivity index (χ0n) is 12.4. The third-order valence-corrected chi connectivity index (χ3v) is 11.6. The van der Waals surface area contributed by atoms with Crippen molar-refractivity contribution in [2.45, 2.75) is 57.1 Å². The zero-order valence-corrected chi connectivity index (χ0v) is 14.2. The van der Waals surface area contributed by atoms with E-state index < -0.39 is 18.2 Å². The van der Waals surface area contributed by atoms with Crippen LogP contribution in [0, 0.1) is 6.92 Å². The van der Waals surface area contributed by atoms with Crippen molar-refractivity contribution in [1.82, 2.24) is 0 Å². The van der Waals surface area contributed by atoms with Gasteiger partial charge < -0.3 is 0 Å². The summed E-state index contributed by atoms with van der Waals surface area (Å²) in [4.78, 5) is 0.113. The van der Waals surface area contributed by atoms with E-state index in [1.54, 1.807) is 12.1 Å². The highest BCUT2D eigenvalue weighted by molar-refractivity contribution is 7.86. The largest absolute Gasteiger partial charge is 0.294 e. The van der Waals surface area contributed by atoms with Gasteiger partial charge in [-0.3, -0.25) is 4.55 Å². The highest BCUT2D eigenvalue weighted by atomic mass is 32.2. The van der Waals surface area contributed by atoms with Gasteiger partial charge in [0.05, 0.1) is 13.0 Å². The Hall–Kier alpha value is -0.653. The zero-order chi connectivity index (χ0) is 14.8. The first-order valence-corrected chi connectivity index (χ1v) is 10.7. The van der Waals surface area contributed by atoms with Crippen LogP contribution in [-0.2, 0) is 10.1 Å². The lowest BCUT2D eigenvalue weighted by molar-refractivity contribution is 0.484. The van der Waals surface area contributed by atoms with E-state index in [0.29, 0.717) is 5.54 Å². The molecule has 0 atom stereocenters. The average molecular weight is 300 g/mol. The Labute approximate surface area is 117 Å². The molecule has 0 aliphatic carbocycles. The van der Waals surface area contributed by atoms with Gasteiger partial charge in [0.2, 0.25) is 0 Å². The summed E-state index contributed by atoms with van der Waals surface area (Å²) in [5.74, 6) is 0. The second-order valence-corrected chi connectivity index (χ2v) is 12.3. The number of aryl methyl sites for hydroxylation is 1. The van der Waals surface area contributed by atoms with Crippen molar-refractivity contribution in [1.29, 1.82) is 0 Å². The molecule has 0 saturated heterocycles. The maximum Gasteiger partial charge on any atom is 0.294 e. The van der Waals surface area contributed by atoms with Gasteiger partial charge in [-0.05, 0) is 23.7 Å². The normalized spacial score (nSPS) is 13.0. The molecule has 108 valence electrons. The fraction of sp³-hybridized carbons (Fsp3) is 0.571. The highest BCUT2D eigenvalue weighted by Gasteiger charge is 2.38. The molecule has 0 fully saturated rings. The van der Waals surface area contributed by atoms with Crippen LogP contribution in [0.1, 0.15) is 33.3 Å². The van der Waals surface area contributed by atoms with Gasteiger partial charge in [0.25, 0.3) is 10.1 Å². The van der Waals surface area contributed by atoms with Gasteiger partial charge in [-0.25, -0.2) is 0 Å². The number of benzene rings is 1. The summed E-state index contributed by atoms with van der Waals surface area (Å²) in [5, 5.41) is 0.884. The quantitative estimate of drug-likeness (QED) is 0.670. The fourth-order valence-electron chi connectivity index (χ4n) is 3.02. The molecule has 0 aliphatic rings. The third kappa shape index (κ3) is 3.09. The molecule has 0 amide bonds. The average Bonchev–Trinajstić information content (AvgIpc) is 2.29. The van der Waals surface area contributed by atoms with E-state index in [4.69, 9.17) is 0 Å². The molecular weight excluding hydrogens is 276 g/mol. The molecule has 0 spiro atoms. The maximum atomic E-state index is 11.6. The predicted molar refractivity (Wildman–Crippen MR) is 82.4 cm³/mol. The van der Waals surface area contributed by atoms with Crippen LogP contribution in [-0.4, -0.2) is 21.0 Å². The standard InChI is InChI=1S/C14H24O3SSi/c1-6-19(7-2,11(3)4)14-10-12(5)8-9-13(14)18(15,16)17/h8-11H,6-7H2,1-5H3,(H,15,16,17). The van der Waals surface area contributed by atoms with E-state index in [1.807, 2.05) is 13.0 Å². The Bertz CT molecular complexity index is 546. The molecule has 3 nitrogen and oxygen atoms in total. The topological polar surface area (TPSA) is 54.4 Å². The third-order valence-electron chi connectivity index (χ3n) is 4.32. The highest BCUT2D eigenvalue weighted by Crippen LogP contribution is 2.31. The number of rotatable bonds is 5. The summed E-state index contributed by atoms with van der Waals surface area (Å²) < 4.78 is 32.8. The molecule has 0 bridgehead atoms. The molecule has 0 aliphatic heterocycles. The van der Waals surface area contributed by atoms with E-state index in [-0.39, 0.29) is 4.90 Å². The fourth-order valence-corrected chi connectivity index (χ4v) is 9.20. The van der Waals surface area contributed by atoms with E-state index in [9.17, 15) is 13.0 Å². The van der Waals surface area contributed by atoms with Crippen molar-refractivity contribution in [2.75, 3.05) is 0 Å². The number of hydrogen-bond acceptors (Lipinski definition) is 2. The van der Waals surface area contributed by atoms with E-state index in [2.05, 4.69) is 27.7 Å². The number of hydrogen-bond donors (Lipinski definition) is 1. The molecule has 1 N–H and O–H groups in total. The van der Waals surface area contributed by atoms with Crippen LogP contribution in [0.25, 0.3) is 0 Å².